The minimum absolute atomic E-state index is 0.0425. The zero-order valence-corrected chi connectivity index (χ0v) is 17.5. The number of hydrogen-bond donors (Lipinski definition) is 0. The van der Waals surface area contributed by atoms with Gasteiger partial charge >= 0.3 is 5.97 Å². The van der Waals surface area contributed by atoms with Gasteiger partial charge in [-0.3, -0.25) is 4.79 Å². The van der Waals surface area contributed by atoms with Crippen LogP contribution in [0.25, 0.3) is 6.08 Å². The van der Waals surface area contributed by atoms with Crippen molar-refractivity contribution in [3.63, 3.8) is 0 Å². The zero-order valence-electron chi connectivity index (χ0n) is 17.5. The van der Waals surface area contributed by atoms with E-state index in [4.69, 9.17) is 9.47 Å². The number of hydrogen-bond acceptors (Lipinski definition) is 4. The highest BCUT2D eigenvalue weighted by atomic mass is 16.6. The molecule has 0 aliphatic rings. The van der Waals surface area contributed by atoms with E-state index in [-0.39, 0.29) is 5.78 Å². The first-order valence-electron chi connectivity index (χ1n) is 9.40. The van der Waals surface area contributed by atoms with E-state index in [1.54, 1.807) is 32.9 Å². The lowest BCUT2D eigenvalue weighted by Crippen LogP contribution is -2.40. The minimum atomic E-state index is -1.08. The molecular formula is C24H28O4. The Morgan fingerprint density at radius 1 is 1.00 bits per heavy atom. The van der Waals surface area contributed by atoms with E-state index in [0.717, 1.165) is 22.3 Å². The summed E-state index contributed by atoms with van der Waals surface area (Å²) in [5, 5.41) is 0. The Morgan fingerprint density at radius 2 is 1.57 bits per heavy atom. The van der Waals surface area contributed by atoms with E-state index in [2.05, 4.69) is 0 Å². The van der Waals surface area contributed by atoms with Gasteiger partial charge < -0.3 is 9.47 Å². The molecule has 2 aromatic rings. The van der Waals surface area contributed by atoms with Crippen molar-refractivity contribution in [2.45, 2.75) is 47.1 Å². The molecule has 0 spiro atoms. The Labute approximate surface area is 167 Å². The zero-order chi connectivity index (χ0) is 20.9. The van der Waals surface area contributed by atoms with E-state index < -0.39 is 11.6 Å². The normalized spacial score (nSPS) is 11.5. The van der Waals surface area contributed by atoms with E-state index in [1.165, 1.54) is 0 Å². The van der Waals surface area contributed by atoms with Crippen LogP contribution in [-0.2, 0) is 9.53 Å². The fourth-order valence-electron chi connectivity index (χ4n) is 2.83. The molecule has 0 heterocycles. The molecule has 0 amide bonds. The van der Waals surface area contributed by atoms with Crippen molar-refractivity contribution in [2.24, 2.45) is 0 Å². The van der Waals surface area contributed by atoms with Gasteiger partial charge in [0.25, 0.3) is 0 Å². The van der Waals surface area contributed by atoms with Gasteiger partial charge in [0.2, 0.25) is 0 Å². The van der Waals surface area contributed by atoms with Crippen LogP contribution in [0.15, 0.2) is 42.5 Å². The first kappa shape index (κ1) is 21.4. The predicted octanol–water partition coefficient (Wildman–Crippen LogP) is 5.23. The van der Waals surface area contributed by atoms with Gasteiger partial charge in [0.05, 0.1) is 6.61 Å². The summed E-state index contributed by atoms with van der Waals surface area (Å²) in [6.07, 6.45) is 3.37. The number of benzene rings is 2. The second-order valence-electron chi connectivity index (χ2n) is 7.38. The maximum atomic E-state index is 12.3. The number of ether oxygens (including phenoxy) is 2. The molecule has 0 bridgehead atoms. The molecule has 0 atom stereocenters. The molecule has 0 N–H and O–H groups in total. The third kappa shape index (κ3) is 5.32. The summed E-state index contributed by atoms with van der Waals surface area (Å²) in [6.45, 7) is 11.3. The van der Waals surface area contributed by atoms with Gasteiger partial charge in [-0.2, -0.15) is 0 Å². The van der Waals surface area contributed by atoms with Gasteiger partial charge in [0.1, 0.15) is 5.75 Å². The summed E-state index contributed by atoms with van der Waals surface area (Å²) in [5.41, 5.74) is 3.38. The first-order valence-corrected chi connectivity index (χ1v) is 9.40. The van der Waals surface area contributed by atoms with Crippen LogP contribution in [0.3, 0.4) is 0 Å². The van der Waals surface area contributed by atoms with Crippen LogP contribution in [-0.4, -0.2) is 24.0 Å². The van der Waals surface area contributed by atoms with Gasteiger partial charge in [-0.05, 0) is 76.4 Å². The van der Waals surface area contributed by atoms with Gasteiger partial charge in [0, 0.05) is 5.56 Å². The van der Waals surface area contributed by atoms with Crippen molar-refractivity contribution in [1.82, 2.24) is 0 Å². The van der Waals surface area contributed by atoms with Gasteiger partial charge in [-0.1, -0.05) is 35.9 Å². The maximum absolute atomic E-state index is 12.3. The highest BCUT2D eigenvalue weighted by molar-refractivity contribution is 6.06. The van der Waals surface area contributed by atoms with Crippen LogP contribution in [0.4, 0.5) is 0 Å². The lowest BCUT2D eigenvalue weighted by Gasteiger charge is -2.26. The fourth-order valence-corrected chi connectivity index (χ4v) is 2.83. The Morgan fingerprint density at radius 3 is 2.11 bits per heavy atom. The smallest absolute Gasteiger partial charge is 0.349 e. The van der Waals surface area contributed by atoms with Gasteiger partial charge in [0.15, 0.2) is 11.4 Å². The molecule has 2 rings (SSSR count). The van der Waals surface area contributed by atoms with E-state index in [0.29, 0.717) is 17.9 Å². The van der Waals surface area contributed by atoms with Crippen LogP contribution in [0.5, 0.6) is 5.75 Å². The summed E-state index contributed by atoms with van der Waals surface area (Å²) >= 11 is 0. The highest BCUT2D eigenvalue weighted by Crippen LogP contribution is 2.29. The van der Waals surface area contributed by atoms with Crippen molar-refractivity contribution in [1.29, 1.82) is 0 Å². The lowest BCUT2D eigenvalue weighted by molar-refractivity contribution is -0.158. The monoisotopic (exact) mass is 380 g/mol. The van der Waals surface area contributed by atoms with Crippen LogP contribution in [0, 0.1) is 20.8 Å². The van der Waals surface area contributed by atoms with Crippen molar-refractivity contribution < 1.29 is 19.1 Å². The average molecular weight is 380 g/mol. The molecule has 0 radical (unpaired) electrons. The molecule has 148 valence electrons. The molecule has 0 fully saturated rings. The second-order valence-corrected chi connectivity index (χ2v) is 7.38. The molecule has 0 saturated carbocycles. The average Bonchev–Trinajstić information content (AvgIpc) is 2.63. The third-order valence-electron chi connectivity index (χ3n) is 4.37. The molecule has 4 heteroatoms. The Kier molecular flexibility index (Phi) is 6.79. The van der Waals surface area contributed by atoms with Crippen molar-refractivity contribution >= 4 is 17.8 Å². The second kappa shape index (κ2) is 8.87. The number of aryl methyl sites for hydroxylation is 3. The van der Waals surface area contributed by atoms with E-state index >= 15 is 0 Å². The number of rotatable bonds is 7. The fraction of sp³-hybridized carbons (Fsp3) is 0.333. The van der Waals surface area contributed by atoms with Crippen LogP contribution < -0.4 is 4.74 Å². The molecule has 4 nitrogen and oxygen atoms in total. The third-order valence-corrected chi connectivity index (χ3v) is 4.37. The summed E-state index contributed by atoms with van der Waals surface area (Å²) in [6, 6.07) is 11.4. The molecule has 0 unspecified atom stereocenters. The largest absolute Gasteiger partial charge is 0.476 e. The van der Waals surface area contributed by atoms with Crippen molar-refractivity contribution in [3.8, 4) is 5.75 Å². The maximum Gasteiger partial charge on any atom is 0.349 e. The Hall–Kier alpha value is -2.88. The first-order chi connectivity index (χ1) is 13.1. The summed E-state index contributed by atoms with van der Waals surface area (Å²) in [5.74, 6) is 0.209. The molecule has 28 heavy (non-hydrogen) atoms. The lowest BCUT2D eigenvalue weighted by atomic mass is 10.0. The van der Waals surface area contributed by atoms with Gasteiger partial charge in [-0.15, -0.1) is 0 Å². The van der Waals surface area contributed by atoms with E-state index in [1.807, 2.05) is 57.2 Å². The summed E-state index contributed by atoms with van der Waals surface area (Å²) < 4.78 is 11.1. The molecule has 0 aromatic heterocycles. The molecule has 0 aliphatic carbocycles. The number of carbonyl (C=O) groups is 2. The van der Waals surface area contributed by atoms with Crippen LogP contribution in [0.1, 0.15) is 53.4 Å². The number of esters is 1. The Bertz CT molecular complexity index is 866. The molecule has 2 aromatic carbocycles. The van der Waals surface area contributed by atoms with E-state index in [9.17, 15) is 9.59 Å². The molecule has 0 saturated heterocycles. The summed E-state index contributed by atoms with van der Waals surface area (Å²) in [4.78, 5) is 24.4. The number of carbonyl (C=O) groups excluding carboxylic acids is 2. The van der Waals surface area contributed by atoms with Gasteiger partial charge in [-0.25, -0.2) is 4.79 Å². The van der Waals surface area contributed by atoms with Crippen LogP contribution in [0.2, 0.25) is 0 Å². The quantitative estimate of drug-likeness (QED) is 0.375. The van der Waals surface area contributed by atoms with Crippen molar-refractivity contribution in [3.05, 3.63) is 70.3 Å². The Balaban J connectivity index is 2.20. The molecule has 0 aliphatic heterocycles. The number of ketones is 1. The molecular weight excluding hydrogens is 352 g/mol. The minimum Gasteiger partial charge on any atom is -0.476 e. The standard InChI is InChI=1S/C24H28O4/c1-7-27-23(26)24(5,6)28-22-17(3)14-19(15-18(22)4)10-13-21(25)20-11-8-16(2)9-12-20/h8-15H,7H2,1-6H3. The van der Waals surface area contributed by atoms with Crippen LogP contribution >= 0.6 is 0 Å². The highest BCUT2D eigenvalue weighted by Gasteiger charge is 2.32. The predicted molar refractivity (Wildman–Crippen MR) is 112 cm³/mol. The van der Waals surface area contributed by atoms with Crippen molar-refractivity contribution in [2.75, 3.05) is 6.61 Å². The topological polar surface area (TPSA) is 52.6 Å². The SMILES string of the molecule is CCOC(=O)C(C)(C)Oc1c(C)cc(C=CC(=O)c2ccc(C)cc2)cc1C. The number of allylic oxidation sites excluding steroid dienone is 1. The summed E-state index contributed by atoms with van der Waals surface area (Å²) in [7, 11) is 0.